The zero-order chi connectivity index (χ0) is 15.6. The number of benzene rings is 1. The van der Waals surface area contributed by atoms with E-state index in [1.54, 1.807) is 0 Å². The minimum Gasteiger partial charge on any atom is -0.481 e. The molecule has 0 radical (unpaired) electrons. The average molecular weight is 300 g/mol. The van der Waals surface area contributed by atoms with Crippen LogP contribution in [-0.4, -0.2) is 48.3 Å². The van der Waals surface area contributed by atoms with Crippen LogP contribution in [0.5, 0.6) is 0 Å². The number of nitrogens with zero attached hydrogens (tertiary/aromatic N) is 1. The molecule has 0 aliphatic carbocycles. The summed E-state index contributed by atoms with van der Waals surface area (Å²) in [6.07, 6.45) is 0. The van der Waals surface area contributed by atoms with Crippen LogP contribution in [0.2, 0.25) is 0 Å². The van der Waals surface area contributed by atoms with E-state index < -0.39 is 35.6 Å². The van der Waals surface area contributed by atoms with Crippen molar-refractivity contribution in [2.75, 3.05) is 25.6 Å². The van der Waals surface area contributed by atoms with Gasteiger partial charge < -0.3 is 20.1 Å². The first-order valence-corrected chi connectivity index (χ1v) is 6.19. The van der Waals surface area contributed by atoms with Crippen LogP contribution in [0.1, 0.15) is 0 Å². The highest BCUT2D eigenvalue weighted by Crippen LogP contribution is 2.21. The van der Waals surface area contributed by atoms with Gasteiger partial charge in [0.1, 0.15) is 17.6 Å². The third-order valence-corrected chi connectivity index (χ3v) is 3.36. The third kappa shape index (κ3) is 3.27. The summed E-state index contributed by atoms with van der Waals surface area (Å²) >= 11 is 0. The molecule has 0 bridgehead atoms. The molecule has 2 atom stereocenters. The Bertz CT molecular complexity index is 567. The summed E-state index contributed by atoms with van der Waals surface area (Å²) in [5.41, 5.74) is -0.181. The highest BCUT2D eigenvalue weighted by molar-refractivity contribution is 5.90. The van der Waals surface area contributed by atoms with Gasteiger partial charge in [-0.25, -0.2) is 13.6 Å². The maximum Gasteiger partial charge on any atom is 0.322 e. The predicted octanol–water partition coefficient (Wildman–Crippen LogP) is 1.53. The van der Waals surface area contributed by atoms with Gasteiger partial charge in [0.2, 0.25) is 0 Å². The average Bonchev–Trinajstić information content (AvgIpc) is 2.90. The molecule has 2 N–H and O–H groups in total. The number of carbonyl (C=O) groups is 2. The lowest BCUT2D eigenvalue weighted by atomic mass is 10.0. The molecule has 1 aromatic rings. The van der Waals surface area contributed by atoms with E-state index >= 15 is 0 Å². The molecule has 1 aliphatic rings. The van der Waals surface area contributed by atoms with Crippen LogP contribution in [0.3, 0.4) is 0 Å². The Morgan fingerprint density at radius 2 is 2.10 bits per heavy atom. The molecule has 21 heavy (non-hydrogen) atoms. The minimum atomic E-state index is -1.06. The number of rotatable bonds is 3. The predicted molar refractivity (Wildman–Crippen MR) is 68.9 cm³/mol. The molecule has 2 unspecified atom stereocenters. The molecule has 114 valence electrons. The van der Waals surface area contributed by atoms with Crippen molar-refractivity contribution in [1.82, 2.24) is 4.90 Å². The number of carboxylic acids is 1. The van der Waals surface area contributed by atoms with E-state index in [4.69, 9.17) is 9.84 Å². The fourth-order valence-electron chi connectivity index (χ4n) is 2.11. The molecule has 1 fully saturated rings. The summed E-state index contributed by atoms with van der Waals surface area (Å²) in [7, 11) is 1.39. The highest BCUT2D eigenvalue weighted by Gasteiger charge is 2.38. The number of anilines is 1. The molecule has 0 aromatic heterocycles. The molecule has 6 nitrogen and oxygen atoms in total. The van der Waals surface area contributed by atoms with E-state index in [9.17, 15) is 18.4 Å². The summed E-state index contributed by atoms with van der Waals surface area (Å²) in [6.45, 7) is 0.106. The number of urea groups is 1. The lowest BCUT2D eigenvalue weighted by Crippen LogP contribution is -2.46. The van der Waals surface area contributed by atoms with Gasteiger partial charge in [-0.2, -0.15) is 0 Å². The first-order chi connectivity index (χ1) is 9.90. The molecule has 0 saturated carbocycles. The van der Waals surface area contributed by atoms with Gasteiger partial charge in [-0.1, -0.05) is 0 Å². The highest BCUT2D eigenvalue weighted by atomic mass is 19.1. The molecule has 1 aliphatic heterocycles. The molecule has 0 spiro atoms. The second-order valence-electron chi connectivity index (χ2n) is 4.71. The molecule has 2 rings (SSSR count). The number of hydrogen-bond donors (Lipinski definition) is 2. The van der Waals surface area contributed by atoms with Gasteiger partial charge in [0.15, 0.2) is 0 Å². The molecule has 2 amide bonds. The normalized spacial score (nSPS) is 21.1. The summed E-state index contributed by atoms with van der Waals surface area (Å²) < 4.78 is 31.3. The Kier molecular flexibility index (Phi) is 4.37. The molecule has 8 heteroatoms. The van der Waals surface area contributed by atoms with E-state index in [1.807, 2.05) is 0 Å². The van der Waals surface area contributed by atoms with Crippen LogP contribution in [0.25, 0.3) is 0 Å². The summed E-state index contributed by atoms with van der Waals surface area (Å²) in [5.74, 6) is -3.56. The number of hydrogen-bond acceptors (Lipinski definition) is 3. The number of carbonyl (C=O) groups excluding carboxylic acids is 1. The van der Waals surface area contributed by atoms with Gasteiger partial charge in [-0.3, -0.25) is 4.79 Å². The first-order valence-electron chi connectivity index (χ1n) is 6.19. The van der Waals surface area contributed by atoms with Crippen molar-refractivity contribution < 1.29 is 28.2 Å². The van der Waals surface area contributed by atoms with Crippen molar-refractivity contribution >= 4 is 17.7 Å². The van der Waals surface area contributed by atoms with Crippen LogP contribution < -0.4 is 5.32 Å². The van der Waals surface area contributed by atoms with Gasteiger partial charge in [0.05, 0.1) is 24.9 Å². The van der Waals surface area contributed by atoms with E-state index in [-0.39, 0.29) is 18.9 Å². The van der Waals surface area contributed by atoms with Gasteiger partial charge >= 0.3 is 12.0 Å². The SMILES string of the molecule is CN(C(=O)Nc1ccc(F)cc1F)C1COCC1C(=O)O. The number of likely N-dealkylation sites (N-methyl/N-ethyl adjacent to an activating group) is 1. The second-order valence-corrected chi connectivity index (χ2v) is 4.71. The van der Waals surface area contributed by atoms with Gasteiger partial charge in [0, 0.05) is 13.1 Å². The van der Waals surface area contributed by atoms with Gasteiger partial charge in [-0.15, -0.1) is 0 Å². The van der Waals surface area contributed by atoms with Crippen LogP contribution in [0, 0.1) is 17.6 Å². The standard InChI is InChI=1S/C13H14F2N2O4/c1-17(11-6-21-5-8(11)12(18)19)13(20)16-10-3-2-7(14)4-9(10)15/h2-4,8,11H,5-6H2,1H3,(H,16,20)(H,18,19). The summed E-state index contributed by atoms with van der Waals surface area (Å²) in [4.78, 5) is 24.2. The second kappa shape index (κ2) is 6.04. The summed E-state index contributed by atoms with van der Waals surface area (Å²) in [5, 5.41) is 11.3. The van der Waals surface area contributed by atoms with Crippen LogP contribution >= 0.6 is 0 Å². The number of aliphatic carboxylic acids is 1. The van der Waals surface area contributed by atoms with Gasteiger partial charge in [0.25, 0.3) is 0 Å². The summed E-state index contributed by atoms with van der Waals surface area (Å²) in [6, 6.07) is 1.41. The Labute approximate surface area is 119 Å². The quantitative estimate of drug-likeness (QED) is 0.887. The maximum absolute atomic E-state index is 13.5. The maximum atomic E-state index is 13.5. The molecule has 1 saturated heterocycles. The molecular weight excluding hydrogens is 286 g/mol. The minimum absolute atomic E-state index is 0.0164. The first kappa shape index (κ1) is 15.2. The van der Waals surface area contributed by atoms with Crippen molar-refractivity contribution in [3.63, 3.8) is 0 Å². The van der Waals surface area contributed by atoms with Crippen molar-refractivity contribution in [3.8, 4) is 0 Å². The van der Waals surface area contributed by atoms with E-state index in [0.29, 0.717) is 6.07 Å². The Morgan fingerprint density at radius 1 is 1.38 bits per heavy atom. The van der Waals surface area contributed by atoms with Gasteiger partial charge in [-0.05, 0) is 12.1 Å². The lowest BCUT2D eigenvalue weighted by Gasteiger charge is -2.26. The number of halogens is 2. The molecular formula is C13H14F2N2O4. The van der Waals surface area contributed by atoms with Crippen LogP contribution in [0.15, 0.2) is 18.2 Å². The van der Waals surface area contributed by atoms with Crippen molar-refractivity contribution in [1.29, 1.82) is 0 Å². The van der Waals surface area contributed by atoms with E-state index in [1.165, 1.54) is 7.05 Å². The van der Waals surface area contributed by atoms with E-state index in [2.05, 4.69) is 5.32 Å². The fourth-order valence-corrected chi connectivity index (χ4v) is 2.11. The van der Waals surface area contributed by atoms with Crippen molar-refractivity contribution in [2.45, 2.75) is 6.04 Å². The monoisotopic (exact) mass is 300 g/mol. The number of amides is 2. The zero-order valence-corrected chi connectivity index (χ0v) is 11.2. The van der Waals surface area contributed by atoms with Crippen LogP contribution in [-0.2, 0) is 9.53 Å². The number of ether oxygens (including phenoxy) is 1. The Morgan fingerprint density at radius 3 is 2.71 bits per heavy atom. The Balaban J connectivity index is 2.07. The molecule has 1 aromatic carbocycles. The Hall–Kier alpha value is -2.22. The van der Waals surface area contributed by atoms with Crippen LogP contribution in [0.4, 0.5) is 19.3 Å². The van der Waals surface area contributed by atoms with Crippen molar-refractivity contribution in [2.24, 2.45) is 5.92 Å². The number of carboxylic acid groups (broad SMARTS) is 1. The lowest BCUT2D eigenvalue weighted by molar-refractivity contribution is -0.142. The van der Waals surface area contributed by atoms with E-state index in [0.717, 1.165) is 17.0 Å². The zero-order valence-electron chi connectivity index (χ0n) is 11.2. The third-order valence-electron chi connectivity index (χ3n) is 3.36. The number of nitrogens with one attached hydrogen (secondary N) is 1. The van der Waals surface area contributed by atoms with Crippen molar-refractivity contribution in [3.05, 3.63) is 29.8 Å². The molecule has 1 heterocycles. The largest absolute Gasteiger partial charge is 0.481 e. The fraction of sp³-hybridized carbons (Fsp3) is 0.385. The smallest absolute Gasteiger partial charge is 0.322 e. The topological polar surface area (TPSA) is 78.9 Å².